The highest BCUT2D eigenvalue weighted by molar-refractivity contribution is 8.00. The molecule has 5 heteroatoms. The number of carbonyl (C=O) groups excluding carboxylic acids is 1. The smallest absolute Gasteiger partial charge is 0.116 e. The van der Waals surface area contributed by atoms with E-state index in [1.165, 1.54) is 6.33 Å². The Morgan fingerprint density at radius 1 is 1.24 bits per heavy atom. The van der Waals surface area contributed by atoms with Gasteiger partial charge in [-0.2, -0.15) is 0 Å². The lowest BCUT2D eigenvalue weighted by molar-refractivity contribution is -0.305. The van der Waals surface area contributed by atoms with Crippen LogP contribution in [0.2, 0.25) is 0 Å². The Morgan fingerprint density at radius 2 is 2.00 bits per heavy atom. The first-order valence-electron chi connectivity index (χ1n) is 4.96. The fraction of sp³-hybridized carbons (Fsp3) is 0.0833. The SMILES string of the molecule is O=C([O-])[C@H](Sc1ccncn1)c1ccccc1. The molecule has 86 valence electrons. The van der Waals surface area contributed by atoms with Gasteiger partial charge < -0.3 is 9.90 Å². The number of rotatable bonds is 4. The van der Waals surface area contributed by atoms with Crippen LogP contribution in [0.5, 0.6) is 0 Å². The molecule has 0 fully saturated rings. The van der Waals surface area contributed by atoms with Crippen molar-refractivity contribution in [3.05, 3.63) is 54.5 Å². The summed E-state index contributed by atoms with van der Waals surface area (Å²) in [4.78, 5) is 18.9. The first-order valence-corrected chi connectivity index (χ1v) is 5.84. The number of hydrogen-bond acceptors (Lipinski definition) is 5. The summed E-state index contributed by atoms with van der Waals surface area (Å²) in [5.41, 5.74) is 0.691. The molecule has 0 unspecified atom stereocenters. The molecule has 0 amide bonds. The summed E-state index contributed by atoms with van der Waals surface area (Å²) in [5, 5.41) is 11.0. The quantitative estimate of drug-likeness (QED) is 0.595. The Morgan fingerprint density at radius 3 is 2.59 bits per heavy atom. The van der Waals surface area contributed by atoms with Crippen molar-refractivity contribution in [2.75, 3.05) is 0 Å². The number of thioether (sulfide) groups is 1. The van der Waals surface area contributed by atoms with Crippen molar-refractivity contribution < 1.29 is 9.90 Å². The van der Waals surface area contributed by atoms with Crippen LogP contribution in [0.3, 0.4) is 0 Å². The molecule has 1 aromatic carbocycles. The Labute approximate surface area is 103 Å². The summed E-state index contributed by atoms with van der Waals surface area (Å²) in [6.07, 6.45) is 2.96. The predicted molar refractivity (Wildman–Crippen MR) is 62.1 cm³/mol. The van der Waals surface area contributed by atoms with Gasteiger partial charge in [0.25, 0.3) is 0 Å². The highest BCUT2D eigenvalue weighted by Crippen LogP contribution is 2.33. The second-order valence-electron chi connectivity index (χ2n) is 3.28. The van der Waals surface area contributed by atoms with Crippen molar-refractivity contribution in [1.82, 2.24) is 9.97 Å². The fourth-order valence-corrected chi connectivity index (χ4v) is 2.23. The van der Waals surface area contributed by atoms with Gasteiger partial charge in [0.2, 0.25) is 0 Å². The molecule has 17 heavy (non-hydrogen) atoms. The second kappa shape index (κ2) is 5.45. The number of carboxylic acids is 1. The van der Waals surface area contributed by atoms with E-state index in [1.54, 1.807) is 36.5 Å². The maximum absolute atomic E-state index is 11.1. The van der Waals surface area contributed by atoms with Crippen LogP contribution < -0.4 is 5.11 Å². The molecule has 2 aromatic rings. The predicted octanol–water partition coefficient (Wildman–Crippen LogP) is 1.06. The molecule has 0 saturated heterocycles. The third-order valence-electron chi connectivity index (χ3n) is 2.11. The molecule has 0 radical (unpaired) electrons. The van der Waals surface area contributed by atoms with Crippen molar-refractivity contribution in [1.29, 1.82) is 0 Å². The molecular weight excluding hydrogens is 236 g/mol. The van der Waals surface area contributed by atoms with Crippen LogP contribution in [0.4, 0.5) is 0 Å². The van der Waals surface area contributed by atoms with E-state index in [2.05, 4.69) is 9.97 Å². The molecule has 0 saturated carbocycles. The monoisotopic (exact) mass is 245 g/mol. The summed E-state index contributed by atoms with van der Waals surface area (Å²) in [7, 11) is 0. The highest BCUT2D eigenvalue weighted by Gasteiger charge is 2.14. The third-order valence-corrected chi connectivity index (χ3v) is 3.29. The normalized spacial score (nSPS) is 12.0. The van der Waals surface area contributed by atoms with Crippen molar-refractivity contribution >= 4 is 17.7 Å². The number of aliphatic carboxylic acids is 1. The van der Waals surface area contributed by atoms with Gasteiger partial charge in [-0.05, 0) is 11.6 Å². The van der Waals surface area contributed by atoms with Gasteiger partial charge >= 0.3 is 0 Å². The molecule has 0 spiro atoms. The van der Waals surface area contributed by atoms with Crippen LogP contribution in [0.1, 0.15) is 10.8 Å². The summed E-state index contributed by atoms with van der Waals surface area (Å²) in [6, 6.07) is 10.6. The van der Waals surface area contributed by atoms with Crippen molar-refractivity contribution in [3.63, 3.8) is 0 Å². The zero-order chi connectivity index (χ0) is 12.1. The highest BCUT2D eigenvalue weighted by atomic mass is 32.2. The summed E-state index contributed by atoms with van der Waals surface area (Å²) >= 11 is 1.14. The van der Waals surface area contributed by atoms with Crippen molar-refractivity contribution in [2.45, 2.75) is 10.3 Å². The second-order valence-corrected chi connectivity index (χ2v) is 4.40. The molecule has 1 heterocycles. The van der Waals surface area contributed by atoms with E-state index in [0.29, 0.717) is 10.6 Å². The minimum Gasteiger partial charge on any atom is -0.549 e. The van der Waals surface area contributed by atoms with E-state index in [0.717, 1.165) is 11.8 Å². The molecule has 0 aliphatic heterocycles. The Bertz CT molecular complexity index is 490. The maximum Gasteiger partial charge on any atom is 0.116 e. The topological polar surface area (TPSA) is 65.9 Å². The number of carbonyl (C=O) groups is 1. The first kappa shape index (κ1) is 11.6. The lowest BCUT2D eigenvalue weighted by Gasteiger charge is -2.17. The average molecular weight is 245 g/mol. The minimum absolute atomic E-state index is 0.609. The Kier molecular flexibility index (Phi) is 3.72. The van der Waals surface area contributed by atoms with Gasteiger partial charge in [-0.3, -0.25) is 0 Å². The molecular formula is C12H9N2O2S-. The molecule has 1 aromatic heterocycles. The summed E-state index contributed by atoms with van der Waals surface area (Å²) < 4.78 is 0. The zero-order valence-electron chi connectivity index (χ0n) is 8.82. The van der Waals surface area contributed by atoms with E-state index < -0.39 is 11.2 Å². The average Bonchev–Trinajstić information content (AvgIpc) is 2.38. The molecule has 4 nitrogen and oxygen atoms in total. The van der Waals surface area contributed by atoms with Gasteiger partial charge in [0.1, 0.15) is 11.4 Å². The van der Waals surface area contributed by atoms with E-state index >= 15 is 0 Å². The summed E-state index contributed by atoms with van der Waals surface area (Å²) in [5.74, 6) is -1.13. The molecule has 0 aliphatic carbocycles. The van der Waals surface area contributed by atoms with E-state index in [9.17, 15) is 9.90 Å². The standard InChI is InChI=1S/C12H10N2O2S/c15-12(16)11(9-4-2-1-3-5-9)17-10-6-7-13-8-14-10/h1-8,11H,(H,15,16)/p-1/t11-/m1/s1. The van der Waals surface area contributed by atoms with Crippen molar-refractivity contribution in [2.24, 2.45) is 0 Å². The first-order chi connectivity index (χ1) is 8.27. The largest absolute Gasteiger partial charge is 0.549 e. The van der Waals surface area contributed by atoms with Gasteiger partial charge in [-0.25, -0.2) is 9.97 Å². The molecule has 0 N–H and O–H groups in total. The lowest BCUT2D eigenvalue weighted by Crippen LogP contribution is -2.28. The molecule has 0 bridgehead atoms. The van der Waals surface area contributed by atoms with E-state index in [4.69, 9.17) is 0 Å². The molecule has 0 aliphatic rings. The Balaban J connectivity index is 2.23. The summed E-state index contributed by atoms with van der Waals surface area (Å²) in [6.45, 7) is 0. The van der Waals surface area contributed by atoms with Gasteiger partial charge in [-0.15, -0.1) is 0 Å². The van der Waals surface area contributed by atoms with E-state index in [-0.39, 0.29) is 0 Å². The van der Waals surface area contributed by atoms with E-state index in [1.807, 2.05) is 6.07 Å². The fourth-order valence-electron chi connectivity index (χ4n) is 1.35. The molecule has 2 rings (SSSR count). The van der Waals surface area contributed by atoms with Crippen LogP contribution in [0.15, 0.2) is 53.9 Å². The van der Waals surface area contributed by atoms with Crippen molar-refractivity contribution in [3.8, 4) is 0 Å². The third kappa shape index (κ3) is 3.04. The minimum atomic E-state index is -1.13. The number of hydrogen-bond donors (Lipinski definition) is 0. The molecule has 1 atom stereocenters. The van der Waals surface area contributed by atoms with Gasteiger partial charge in [0.15, 0.2) is 0 Å². The van der Waals surface area contributed by atoms with Crippen LogP contribution in [0.25, 0.3) is 0 Å². The number of nitrogens with zero attached hydrogens (tertiary/aromatic N) is 2. The Hall–Kier alpha value is -1.88. The maximum atomic E-state index is 11.1. The van der Waals surface area contributed by atoms with Crippen LogP contribution in [-0.2, 0) is 4.79 Å². The number of benzene rings is 1. The van der Waals surface area contributed by atoms with Crippen LogP contribution >= 0.6 is 11.8 Å². The number of carboxylic acid groups (broad SMARTS) is 1. The lowest BCUT2D eigenvalue weighted by atomic mass is 10.1. The number of aromatic nitrogens is 2. The van der Waals surface area contributed by atoms with Crippen LogP contribution in [0, 0.1) is 0 Å². The zero-order valence-corrected chi connectivity index (χ0v) is 9.63. The van der Waals surface area contributed by atoms with Gasteiger partial charge in [0.05, 0.1) is 11.2 Å². The van der Waals surface area contributed by atoms with Gasteiger partial charge in [0, 0.05) is 6.20 Å². The van der Waals surface area contributed by atoms with Crippen LogP contribution in [-0.4, -0.2) is 15.9 Å². The van der Waals surface area contributed by atoms with Gasteiger partial charge in [-0.1, -0.05) is 42.1 Å².